The number of H-pyrrole nitrogens is 1. The summed E-state index contributed by atoms with van der Waals surface area (Å²) < 4.78 is 4.98. The van der Waals surface area contributed by atoms with Gasteiger partial charge in [-0.05, 0) is 36.4 Å². The molecule has 98 valence electrons. The van der Waals surface area contributed by atoms with Gasteiger partial charge in [-0.15, -0.1) is 4.91 Å². The van der Waals surface area contributed by atoms with E-state index in [4.69, 9.17) is 4.74 Å². The second-order valence-corrected chi connectivity index (χ2v) is 3.64. The quantitative estimate of drug-likeness (QED) is 0.818. The van der Waals surface area contributed by atoms with E-state index in [9.17, 15) is 14.8 Å². The molecule has 0 atom stereocenters. The van der Waals surface area contributed by atoms with Crippen LogP contribution in [0.15, 0.2) is 34.2 Å². The highest BCUT2D eigenvalue weighted by atomic mass is 16.5. The van der Waals surface area contributed by atoms with E-state index in [1.807, 2.05) is 0 Å². The highest BCUT2D eigenvalue weighted by Crippen LogP contribution is 2.23. The van der Waals surface area contributed by atoms with Gasteiger partial charge in [0.05, 0.1) is 6.61 Å². The molecular formula is C12H11N3O4. The Morgan fingerprint density at radius 1 is 1.37 bits per heavy atom. The van der Waals surface area contributed by atoms with Crippen LogP contribution in [0.1, 0.15) is 6.92 Å². The monoisotopic (exact) mass is 261 g/mol. The second-order valence-electron chi connectivity index (χ2n) is 3.64. The van der Waals surface area contributed by atoms with E-state index in [2.05, 4.69) is 15.1 Å². The first kappa shape index (κ1) is 12.7. The van der Waals surface area contributed by atoms with Gasteiger partial charge >= 0.3 is 0 Å². The van der Waals surface area contributed by atoms with Crippen molar-refractivity contribution in [2.45, 2.75) is 6.92 Å². The van der Waals surface area contributed by atoms with Crippen LogP contribution in [0.4, 0.5) is 5.69 Å². The van der Waals surface area contributed by atoms with E-state index in [0.717, 1.165) is 0 Å². The number of ether oxygens (including phenoxy) is 1. The third kappa shape index (κ3) is 2.59. The Hall–Kier alpha value is -2.70. The predicted molar refractivity (Wildman–Crippen MR) is 68.6 cm³/mol. The molecule has 0 spiro atoms. The molecule has 0 aliphatic carbocycles. The van der Waals surface area contributed by atoms with Crippen LogP contribution in [0.2, 0.25) is 0 Å². The molecule has 2 N–H and O–H groups in total. The van der Waals surface area contributed by atoms with E-state index in [-0.39, 0.29) is 23.9 Å². The molecule has 1 aromatic carbocycles. The molecule has 2 aromatic rings. The Morgan fingerprint density at radius 2 is 2.05 bits per heavy atom. The molecule has 7 nitrogen and oxygen atoms in total. The third-order valence-electron chi connectivity index (χ3n) is 2.39. The Bertz CT molecular complexity index is 649. The molecule has 0 fully saturated rings. The fourth-order valence-electron chi connectivity index (χ4n) is 1.54. The van der Waals surface area contributed by atoms with Gasteiger partial charge in [0.1, 0.15) is 11.5 Å². The number of aromatic amines is 1. The van der Waals surface area contributed by atoms with Crippen molar-refractivity contribution in [3.63, 3.8) is 0 Å². The zero-order chi connectivity index (χ0) is 13.8. The number of nitrogens with zero attached hydrogens (tertiary/aromatic N) is 2. The van der Waals surface area contributed by atoms with Gasteiger partial charge in [0.2, 0.25) is 5.75 Å². The lowest BCUT2D eigenvalue weighted by atomic mass is 10.2. The number of nitrogens with one attached hydrogen (secondary N) is 1. The minimum absolute atomic E-state index is 0.184. The largest absolute Gasteiger partial charge is 0.490 e. The van der Waals surface area contributed by atoms with E-state index in [1.54, 1.807) is 19.1 Å². The Labute approximate surface area is 107 Å². The van der Waals surface area contributed by atoms with E-state index in [0.29, 0.717) is 5.56 Å². The van der Waals surface area contributed by atoms with Gasteiger partial charge < -0.3 is 14.8 Å². The summed E-state index contributed by atoms with van der Waals surface area (Å²) in [5, 5.41) is 12.4. The van der Waals surface area contributed by atoms with Crippen molar-refractivity contribution in [3.8, 4) is 23.0 Å². The number of hydrogen-bond acceptors (Lipinski definition) is 6. The molecule has 0 aliphatic heterocycles. The maximum Gasteiger partial charge on any atom is 0.297 e. The molecule has 0 radical (unpaired) electrons. The van der Waals surface area contributed by atoms with E-state index < -0.39 is 11.4 Å². The normalized spacial score (nSPS) is 10.2. The summed E-state index contributed by atoms with van der Waals surface area (Å²) in [7, 11) is 0. The molecule has 0 saturated carbocycles. The summed E-state index contributed by atoms with van der Waals surface area (Å²) >= 11 is 0. The van der Waals surface area contributed by atoms with Crippen molar-refractivity contribution in [1.29, 1.82) is 0 Å². The SMILES string of the molecule is CCOc1c(O)nc(-c2ccc(N=O)cc2)[nH]c1=O. The summed E-state index contributed by atoms with van der Waals surface area (Å²) in [6.07, 6.45) is 0. The Balaban J connectivity index is 2.45. The van der Waals surface area contributed by atoms with Gasteiger partial charge in [-0.1, -0.05) is 0 Å². The maximum atomic E-state index is 11.7. The molecule has 0 amide bonds. The summed E-state index contributed by atoms with van der Waals surface area (Å²) in [5.74, 6) is -0.501. The fraction of sp³-hybridized carbons (Fsp3) is 0.167. The van der Waals surface area contributed by atoms with Gasteiger partial charge in [0.15, 0.2) is 0 Å². The van der Waals surface area contributed by atoms with Crippen LogP contribution in [0, 0.1) is 4.91 Å². The maximum absolute atomic E-state index is 11.7. The van der Waals surface area contributed by atoms with Gasteiger partial charge in [-0.3, -0.25) is 4.79 Å². The highest BCUT2D eigenvalue weighted by molar-refractivity contribution is 5.59. The molecule has 0 bridgehead atoms. The van der Waals surface area contributed by atoms with Gasteiger partial charge in [-0.2, -0.15) is 4.98 Å². The van der Waals surface area contributed by atoms with Gasteiger partial charge in [0.25, 0.3) is 11.4 Å². The zero-order valence-electron chi connectivity index (χ0n) is 10.1. The molecule has 1 heterocycles. The van der Waals surface area contributed by atoms with Gasteiger partial charge in [0, 0.05) is 5.56 Å². The van der Waals surface area contributed by atoms with E-state index in [1.165, 1.54) is 12.1 Å². The lowest BCUT2D eigenvalue weighted by molar-refractivity contribution is 0.307. The number of hydrogen-bond donors (Lipinski definition) is 2. The molecule has 0 unspecified atom stereocenters. The van der Waals surface area contributed by atoms with Crippen molar-refractivity contribution in [2.75, 3.05) is 6.61 Å². The molecule has 7 heteroatoms. The number of aromatic hydroxyl groups is 1. The summed E-state index contributed by atoms with van der Waals surface area (Å²) in [6, 6.07) is 6.09. The average Bonchev–Trinajstić information content (AvgIpc) is 2.43. The van der Waals surface area contributed by atoms with Crippen molar-refractivity contribution >= 4 is 5.69 Å². The van der Waals surface area contributed by atoms with Crippen molar-refractivity contribution in [1.82, 2.24) is 9.97 Å². The minimum atomic E-state index is -0.568. The van der Waals surface area contributed by atoms with Crippen LogP contribution < -0.4 is 10.3 Å². The predicted octanol–water partition coefficient (Wildman–Crippen LogP) is 1.94. The number of nitroso groups, excluding NO2 is 1. The van der Waals surface area contributed by atoms with Gasteiger partial charge in [-0.25, -0.2) is 0 Å². The van der Waals surface area contributed by atoms with Crippen molar-refractivity contribution in [3.05, 3.63) is 39.5 Å². The first-order chi connectivity index (χ1) is 9.15. The van der Waals surface area contributed by atoms with Crippen LogP contribution in [-0.4, -0.2) is 21.7 Å². The van der Waals surface area contributed by atoms with Crippen LogP contribution >= 0.6 is 0 Å². The molecule has 0 saturated heterocycles. The third-order valence-corrected chi connectivity index (χ3v) is 2.39. The van der Waals surface area contributed by atoms with Crippen LogP contribution in [0.5, 0.6) is 11.6 Å². The van der Waals surface area contributed by atoms with Crippen LogP contribution in [0.25, 0.3) is 11.4 Å². The molecule has 2 rings (SSSR count). The van der Waals surface area contributed by atoms with Crippen LogP contribution in [0.3, 0.4) is 0 Å². The van der Waals surface area contributed by atoms with Crippen molar-refractivity contribution < 1.29 is 9.84 Å². The van der Waals surface area contributed by atoms with Crippen molar-refractivity contribution in [2.24, 2.45) is 5.18 Å². The smallest absolute Gasteiger partial charge is 0.297 e. The number of benzene rings is 1. The summed E-state index contributed by atoms with van der Waals surface area (Å²) in [6.45, 7) is 1.94. The molecular weight excluding hydrogens is 250 g/mol. The van der Waals surface area contributed by atoms with E-state index >= 15 is 0 Å². The minimum Gasteiger partial charge on any atom is -0.490 e. The summed E-state index contributed by atoms with van der Waals surface area (Å²) in [5.41, 5.74) is 0.242. The highest BCUT2D eigenvalue weighted by Gasteiger charge is 2.12. The second kappa shape index (κ2) is 5.30. The molecule has 0 aliphatic rings. The Kier molecular flexibility index (Phi) is 3.56. The lowest BCUT2D eigenvalue weighted by Crippen LogP contribution is -2.13. The molecule has 19 heavy (non-hydrogen) atoms. The number of aromatic nitrogens is 2. The first-order valence-corrected chi connectivity index (χ1v) is 5.55. The fourth-order valence-corrected chi connectivity index (χ4v) is 1.54. The Morgan fingerprint density at radius 3 is 2.58 bits per heavy atom. The topological polar surface area (TPSA) is 105 Å². The molecule has 1 aromatic heterocycles. The average molecular weight is 261 g/mol. The van der Waals surface area contributed by atoms with Crippen LogP contribution in [-0.2, 0) is 0 Å². The lowest BCUT2D eigenvalue weighted by Gasteiger charge is -2.06. The number of rotatable bonds is 4. The zero-order valence-corrected chi connectivity index (χ0v) is 10.1. The standard InChI is InChI=1S/C12H11N3O4/c1-2-19-9-11(16)13-10(14-12(9)17)7-3-5-8(15-18)6-4-7/h3-6H,2H2,1H3,(H2,13,14,16,17). The first-order valence-electron chi connectivity index (χ1n) is 5.55. The summed E-state index contributed by atoms with van der Waals surface area (Å²) in [4.78, 5) is 28.3.